The predicted octanol–water partition coefficient (Wildman–Crippen LogP) is 3.62. The number of carbonyl (C=O) groups excluding carboxylic acids is 3. The van der Waals surface area contributed by atoms with Crippen LogP contribution in [0.4, 0.5) is 11.4 Å². The highest BCUT2D eigenvalue weighted by molar-refractivity contribution is 7.80. The van der Waals surface area contributed by atoms with Crippen LogP contribution in [0.25, 0.3) is 0 Å². The van der Waals surface area contributed by atoms with Gasteiger partial charge in [-0.15, -0.1) is 0 Å². The van der Waals surface area contributed by atoms with Crippen molar-refractivity contribution in [3.63, 3.8) is 0 Å². The molecule has 1 aliphatic rings. The Hall–Kier alpha value is -2.97. The number of anilines is 2. The molecule has 1 atom stereocenters. The van der Waals surface area contributed by atoms with E-state index < -0.39 is 12.0 Å². The van der Waals surface area contributed by atoms with Crippen LogP contribution in [0.5, 0.6) is 0 Å². The number of imide groups is 1. The minimum atomic E-state index is -0.825. The fourth-order valence-corrected chi connectivity index (χ4v) is 3.74. The summed E-state index contributed by atoms with van der Waals surface area (Å²) in [6.07, 6.45) is -0.0153. The Morgan fingerprint density at radius 3 is 2.52 bits per heavy atom. The van der Waals surface area contributed by atoms with Crippen LogP contribution in [-0.2, 0) is 19.1 Å². The van der Waals surface area contributed by atoms with Gasteiger partial charge in [-0.3, -0.25) is 14.4 Å². The molecular formula is C22H22ClN3O4S. The minimum absolute atomic E-state index is 0.0274. The summed E-state index contributed by atoms with van der Waals surface area (Å²) in [5, 5.41) is 3.86. The second-order valence-electron chi connectivity index (χ2n) is 6.81. The Morgan fingerprint density at radius 1 is 1.19 bits per heavy atom. The van der Waals surface area contributed by atoms with Crippen LogP contribution in [0.2, 0.25) is 5.02 Å². The molecule has 0 unspecified atom stereocenters. The van der Waals surface area contributed by atoms with Gasteiger partial charge in [0.2, 0.25) is 5.91 Å². The molecule has 1 saturated heterocycles. The van der Waals surface area contributed by atoms with E-state index in [9.17, 15) is 14.4 Å². The smallest absolute Gasteiger partial charge is 0.307 e. The van der Waals surface area contributed by atoms with Crippen molar-refractivity contribution in [2.24, 2.45) is 0 Å². The van der Waals surface area contributed by atoms with Crippen molar-refractivity contribution in [2.75, 3.05) is 23.4 Å². The van der Waals surface area contributed by atoms with Crippen molar-refractivity contribution >= 4 is 58.1 Å². The number of hydrogen-bond acceptors (Lipinski definition) is 5. The number of benzene rings is 2. The quantitative estimate of drug-likeness (QED) is 0.385. The largest absolute Gasteiger partial charge is 0.466 e. The number of ether oxygens (including phenoxy) is 1. The van der Waals surface area contributed by atoms with Crippen LogP contribution >= 0.6 is 23.8 Å². The predicted molar refractivity (Wildman–Crippen MR) is 123 cm³/mol. The summed E-state index contributed by atoms with van der Waals surface area (Å²) in [5.41, 5.74) is 1.18. The highest BCUT2D eigenvalue weighted by atomic mass is 35.5. The van der Waals surface area contributed by atoms with E-state index in [0.717, 1.165) is 4.90 Å². The summed E-state index contributed by atoms with van der Waals surface area (Å²) in [6, 6.07) is 14.8. The number of para-hydroxylation sites is 1. The molecule has 0 saturated carbocycles. The van der Waals surface area contributed by atoms with E-state index in [4.69, 9.17) is 28.6 Å². The number of carbonyl (C=O) groups is 3. The van der Waals surface area contributed by atoms with Gasteiger partial charge < -0.3 is 15.0 Å². The first-order chi connectivity index (χ1) is 14.9. The number of rotatable bonds is 7. The second-order valence-corrected chi connectivity index (χ2v) is 7.63. The number of nitrogens with zero attached hydrogens (tertiary/aromatic N) is 2. The number of esters is 1. The van der Waals surface area contributed by atoms with Gasteiger partial charge in [-0.25, -0.2) is 4.90 Å². The van der Waals surface area contributed by atoms with Crippen molar-refractivity contribution in [1.82, 2.24) is 4.90 Å². The fourth-order valence-electron chi connectivity index (χ4n) is 3.28. The van der Waals surface area contributed by atoms with Gasteiger partial charge in [0, 0.05) is 17.3 Å². The van der Waals surface area contributed by atoms with Gasteiger partial charge in [0.15, 0.2) is 5.11 Å². The molecule has 7 nitrogen and oxygen atoms in total. The summed E-state index contributed by atoms with van der Waals surface area (Å²) in [6.45, 7) is 2.11. The first-order valence-electron chi connectivity index (χ1n) is 9.81. The molecule has 1 aliphatic heterocycles. The molecule has 0 aliphatic carbocycles. The topological polar surface area (TPSA) is 79.0 Å². The number of amides is 2. The normalized spacial score (nSPS) is 15.7. The third kappa shape index (κ3) is 5.59. The van der Waals surface area contributed by atoms with Crippen LogP contribution in [-0.4, -0.2) is 47.0 Å². The lowest BCUT2D eigenvalue weighted by Gasteiger charge is -2.30. The van der Waals surface area contributed by atoms with Crippen molar-refractivity contribution in [3.8, 4) is 0 Å². The lowest BCUT2D eigenvalue weighted by molar-refractivity contribution is -0.143. The highest BCUT2D eigenvalue weighted by Crippen LogP contribution is 2.26. The maximum absolute atomic E-state index is 13.2. The maximum atomic E-state index is 13.2. The molecule has 2 aromatic rings. The van der Waals surface area contributed by atoms with Gasteiger partial charge in [0.05, 0.1) is 25.1 Å². The highest BCUT2D eigenvalue weighted by Gasteiger charge is 2.43. The standard InChI is InChI=1S/C22H22ClN3O4S/c1-2-30-20(28)12-13-25(22(31)24-16-10-8-15(23)9-11-16)18-14-19(27)26(21(18)29)17-6-4-3-5-7-17/h3-11,18H,2,12-14H2,1H3,(H,24,31)/t18-/m0/s1. The Kier molecular flexibility index (Phi) is 7.59. The van der Waals surface area contributed by atoms with Crippen molar-refractivity contribution in [3.05, 3.63) is 59.6 Å². The molecule has 162 valence electrons. The molecule has 0 spiro atoms. The lowest BCUT2D eigenvalue weighted by Crippen LogP contribution is -2.48. The summed E-state index contributed by atoms with van der Waals surface area (Å²) in [5.74, 6) is -1.12. The molecule has 0 radical (unpaired) electrons. The summed E-state index contributed by atoms with van der Waals surface area (Å²) >= 11 is 11.5. The molecule has 0 aromatic heterocycles. The van der Waals surface area contributed by atoms with Gasteiger partial charge in [0.25, 0.3) is 5.91 Å². The molecule has 1 heterocycles. The van der Waals surface area contributed by atoms with Gasteiger partial charge in [-0.1, -0.05) is 29.8 Å². The van der Waals surface area contributed by atoms with E-state index in [1.807, 2.05) is 6.07 Å². The van der Waals surface area contributed by atoms with Crippen LogP contribution in [0.15, 0.2) is 54.6 Å². The zero-order chi connectivity index (χ0) is 22.4. The minimum Gasteiger partial charge on any atom is -0.466 e. The van der Waals surface area contributed by atoms with Crippen LogP contribution < -0.4 is 10.2 Å². The van der Waals surface area contributed by atoms with E-state index >= 15 is 0 Å². The Bertz CT molecular complexity index is 968. The summed E-state index contributed by atoms with van der Waals surface area (Å²) in [7, 11) is 0. The average molecular weight is 460 g/mol. The second kappa shape index (κ2) is 10.4. The molecule has 1 fully saturated rings. The maximum Gasteiger partial charge on any atom is 0.307 e. The van der Waals surface area contributed by atoms with Crippen LogP contribution in [0.1, 0.15) is 19.8 Å². The molecule has 2 aromatic carbocycles. The fraction of sp³-hybridized carbons (Fsp3) is 0.273. The first kappa shape index (κ1) is 22.7. The van der Waals surface area contributed by atoms with E-state index in [0.29, 0.717) is 16.4 Å². The lowest BCUT2D eigenvalue weighted by atomic mass is 10.2. The van der Waals surface area contributed by atoms with E-state index in [-0.39, 0.29) is 42.9 Å². The molecule has 31 heavy (non-hydrogen) atoms. The monoisotopic (exact) mass is 459 g/mol. The molecule has 0 bridgehead atoms. The molecular weight excluding hydrogens is 438 g/mol. The molecule has 1 N–H and O–H groups in total. The number of nitrogens with one attached hydrogen (secondary N) is 1. The number of hydrogen-bond donors (Lipinski definition) is 1. The zero-order valence-electron chi connectivity index (χ0n) is 16.9. The Balaban J connectivity index is 1.82. The zero-order valence-corrected chi connectivity index (χ0v) is 18.5. The van der Waals surface area contributed by atoms with E-state index in [1.165, 1.54) is 0 Å². The third-order valence-corrected chi connectivity index (χ3v) is 5.32. The van der Waals surface area contributed by atoms with Crippen molar-refractivity contribution in [2.45, 2.75) is 25.8 Å². The molecule has 3 rings (SSSR count). The molecule has 2 amide bonds. The first-order valence-corrected chi connectivity index (χ1v) is 10.6. The van der Waals surface area contributed by atoms with Crippen LogP contribution in [0, 0.1) is 0 Å². The van der Waals surface area contributed by atoms with E-state index in [1.54, 1.807) is 60.4 Å². The third-order valence-electron chi connectivity index (χ3n) is 4.73. The van der Waals surface area contributed by atoms with Crippen molar-refractivity contribution < 1.29 is 19.1 Å². The Morgan fingerprint density at radius 2 is 1.87 bits per heavy atom. The summed E-state index contributed by atoms with van der Waals surface area (Å²) in [4.78, 5) is 40.5. The average Bonchev–Trinajstić information content (AvgIpc) is 3.04. The van der Waals surface area contributed by atoms with Gasteiger partial charge in [0.1, 0.15) is 6.04 Å². The number of thiocarbonyl (C=S) groups is 1. The van der Waals surface area contributed by atoms with E-state index in [2.05, 4.69) is 5.32 Å². The SMILES string of the molecule is CCOC(=O)CCN(C(=S)Nc1ccc(Cl)cc1)[C@H]1CC(=O)N(c2ccccc2)C1=O. The van der Waals surface area contributed by atoms with Gasteiger partial charge >= 0.3 is 5.97 Å². The van der Waals surface area contributed by atoms with Crippen LogP contribution in [0.3, 0.4) is 0 Å². The van der Waals surface area contributed by atoms with Gasteiger partial charge in [-0.05, 0) is 55.5 Å². The number of halogens is 1. The molecule has 9 heteroatoms. The van der Waals surface area contributed by atoms with Gasteiger partial charge in [-0.2, -0.15) is 0 Å². The Labute approximate surface area is 190 Å². The summed E-state index contributed by atoms with van der Waals surface area (Å²) < 4.78 is 5.00. The van der Waals surface area contributed by atoms with Crippen molar-refractivity contribution in [1.29, 1.82) is 0 Å².